The van der Waals surface area contributed by atoms with E-state index in [0.717, 1.165) is 16.3 Å². The lowest BCUT2D eigenvalue weighted by Gasteiger charge is -2.09. The number of thiazole rings is 1. The van der Waals surface area contributed by atoms with Gasteiger partial charge in [0.2, 0.25) is 4.96 Å². The summed E-state index contributed by atoms with van der Waals surface area (Å²) in [4.78, 5) is 0.875. The number of fused-ring (bicyclic) bond motifs is 3. The highest BCUT2D eigenvalue weighted by Gasteiger charge is 2.13. The van der Waals surface area contributed by atoms with E-state index in [1.54, 1.807) is 18.4 Å². The van der Waals surface area contributed by atoms with Crippen LogP contribution in [0, 0.1) is 0 Å². The molecule has 22 heavy (non-hydrogen) atoms. The minimum atomic E-state index is 0.336. The van der Waals surface area contributed by atoms with E-state index in [1.807, 2.05) is 40.8 Å². The first-order valence-corrected chi connectivity index (χ1v) is 7.66. The minimum absolute atomic E-state index is 0.336. The Morgan fingerprint density at radius 3 is 2.64 bits per heavy atom. The van der Waals surface area contributed by atoms with E-state index in [-0.39, 0.29) is 0 Å². The highest BCUT2D eigenvalue weighted by atomic mass is 32.1. The summed E-state index contributed by atoms with van der Waals surface area (Å²) >= 11 is 1.62. The molecule has 4 aromatic rings. The highest BCUT2D eigenvalue weighted by molar-refractivity contribution is 7.23. The summed E-state index contributed by atoms with van der Waals surface area (Å²) in [6, 6.07) is 15.8. The maximum atomic E-state index is 5.86. The van der Waals surface area contributed by atoms with Crippen molar-refractivity contribution in [1.29, 1.82) is 0 Å². The molecule has 0 aliphatic carbocycles. The van der Waals surface area contributed by atoms with Gasteiger partial charge in [-0.15, -0.1) is 10.2 Å². The van der Waals surface area contributed by atoms with E-state index in [0.29, 0.717) is 18.1 Å². The van der Waals surface area contributed by atoms with Crippen molar-refractivity contribution in [3.8, 4) is 11.5 Å². The number of hydrogen-bond acceptors (Lipinski definition) is 5. The molecule has 5 nitrogen and oxygen atoms in total. The van der Waals surface area contributed by atoms with E-state index < -0.39 is 0 Å². The average molecular weight is 311 g/mol. The van der Waals surface area contributed by atoms with Crippen LogP contribution in [0.2, 0.25) is 0 Å². The molecule has 2 aromatic carbocycles. The van der Waals surface area contributed by atoms with Crippen molar-refractivity contribution >= 4 is 26.5 Å². The molecule has 0 bridgehead atoms. The van der Waals surface area contributed by atoms with E-state index in [4.69, 9.17) is 9.47 Å². The van der Waals surface area contributed by atoms with E-state index in [2.05, 4.69) is 22.3 Å². The van der Waals surface area contributed by atoms with Crippen molar-refractivity contribution in [1.82, 2.24) is 14.6 Å². The Morgan fingerprint density at radius 2 is 1.77 bits per heavy atom. The van der Waals surface area contributed by atoms with Crippen molar-refractivity contribution in [3.05, 3.63) is 54.4 Å². The van der Waals surface area contributed by atoms with Gasteiger partial charge in [0.15, 0.2) is 17.3 Å². The molecule has 0 saturated carbocycles. The summed E-state index contributed by atoms with van der Waals surface area (Å²) in [5.41, 5.74) is 1.10. The summed E-state index contributed by atoms with van der Waals surface area (Å²) < 4.78 is 14.4. The molecule has 110 valence electrons. The number of benzene rings is 2. The first kappa shape index (κ1) is 13.1. The molecule has 2 heterocycles. The summed E-state index contributed by atoms with van der Waals surface area (Å²) in [5, 5.41) is 8.46. The number of para-hydroxylation sites is 3. The molecule has 6 heteroatoms. The lowest BCUT2D eigenvalue weighted by atomic mass is 10.3. The second-order valence-electron chi connectivity index (χ2n) is 4.74. The number of rotatable bonds is 4. The maximum absolute atomic E-state index is 5.86. The first-order valence-electron chi connectivity index (χ1n) is 6.84. The number of hydrogen-bond donors (Lipinski definition) is 0. The van der Waals surface area contributed by atoms with Gasteiger partial charge in [0, 0.05) is 0 Å². The number of nitrogens with zero attached hydrogens (tertiary/aromatic N) is 3. The molecular formula is C16H13N3O2S. The lowest BCUT2D eigenvalue weighted by molar-refractivity contribution is 0.275. The predicted octanol–water partition coefficient (Wildman–Crippen LogP) is 3.53. The van der Waals surface area contributed by atoms with Gasteiger partial charge < -0.3 is 9.47 Å². The van der Waals surface area contributed by atoms with Crippen LogP contribution in [0.1, 0.15) is 5.82 Å². The third-order valence-electron chi connectivity index (χ3n) is 3.43. The zero-order chi connectivity index (χ0) is 14.9. The van der Waals surface area contributed by atoms with Gasteiger partial charge in [-0.1, -0.05) is 35.6 Å². The Labute approximate surface area is 130 Å². The van der Waals surface area contributed by atoms with Gasteiger partial charge >= 0.3 is 0 Å². The zero-order valence-electron chi connectivity index (χ0n) is 11.9. The fourth-order valence-electron chi connectivity index (χ4n) is 2.41. The molecule has 0 spiro atoms. The Morgan fingerprint density at radius 1 is 1.00 bits per heavy atom. The van der Waals surface area contributed by atoms with Crippen LogP contribution in [0.5, 0.6) is 11.5 Å². The molecule has 0 aliphatic heterocycles. The Bertz CT molecular complexity index is 945. The molecule has 0 fully saturated rings. The van der Waals surface area contributed by atoms with Crippen LogP contribution in [0.4, 0.5) is 0 Å². The quantitative estimate of drug-likeness (QED) is 0.578. The topological polar surface area (TPSA) is 48.7 Å². The molecular weight excluding hydrogens is 298 g/mol. The Kier molecular flexibility index (Phi) is 3.16. The second kappa shape index (κ2) is 5.31. The van der Waals surface area contributed by atoms with E-state index in [9.17, 15) is 0 Å². The number of ether oxygens (including phenoxy) is 2. The van der Waals surface area contributed by atoms with Gasteiger partial charge in [-0.25, -0.2) is 0 Å². The average Bonchev–Trinajstić information content (AvgIpc) is 3.12. The predicted molar refractivity (Wildman–Crippen MR) is 85.7 cm³/mol. The van der Waals surface area contributed by atoms with Crippen LogP contribution < -0.4 is 9.47 Å². The van der Waals surface area contributed by atoms with E-state index in [1.165, 1.54) is 4.70 Å². The standard InChI is InChI=1S/C16H13N3O2S/c1-20-12-7-3-4-8-13(12)21-10-15-17-18-16-19(15)11-6-2-5-9-14(11)22-16/h2-9H,10H2,1H3. The monoisotopic (exact) mass is 311 g/mol. The number of aromatic nitrogens is 3. The maximum Gasteiger partial charge on any atom is 0.217 e. The molecule has 0 radical (unpaired) electrons. The van der Waals surface area contributed by atoms with Gasteiger partial charge in [0.25, 0.3) is 0 Å². The van der Waals surface area contributed by atoms with Crippen molar-refractivity contribution in [2.24, 2.45) is 0 Å². The smallest absolute Gasteiger partial charge is 0.217 e. The van der Waals surface area contributed by atoms with Crippen LogP contribution in [0.25, 0.3) is 15.2 Å². The van der Waals surface area contributed by atoms with Crippen molar-refractivity contribution in [2.45, 2.75) is 6.61 Å². The van der Waals surface area contributed by atoms with Gasteiger partial charge in [0.05, 0.1) is 17.3 Å². The van der Waals surface area contributed by atoms with Gasteiger partial charge in [0.1, 0.15) is 6.61 Å². The fourth-order valence-corrected chi connectivity index (χ4v) is 3.39. The van der Waals surface area contributed by atoms with Gasteiger partial charge in [-0.2, -0.15) is 0 Å². The molecule has 0 aliphatic rings. The molecule has 0 amide bonds. The SMILES string of the molecule is COc1ccccc1OCc1nnc2sc3ccccc3n12. The van der Waals surface area contributed by atoms with Crippen molar-refractivity contribution in [2.75, 3.05) is 7.11 Å². The van der Waals surface area contributed by atoms with Crippen LogP contribution in [-0.2, 0) is 6.61 Å². The molecule has 0 atom stereocenters. The summed E-state index contributed by atoms with van der Waals surface area (Å²) in [6.07, 6.45) is 0. The van der Waals surface area contributed by atoms with Gasteiger partial charge in [-0.05, 0) is 24.3 Å². The second-order valence-corrected chi connectivity index (χ2v) is 5.75. The third kappa shape index (κ3) is 2.08. The first-order chi connectivity index (χ1) is 10.9. The lowest BCUT2D eigenvalue weighted by Crippen LogP contribution is -2.02. The minimum Gasteiger partial charge on any atom is -0.493 e. The molecule has 4 rings (SSSR count). The molecule has 0 unspecified atom stereocenters. The van der Waals surface area contributed by atoms with Crippen LogP contribution in [0.3, 0.4) is 0 Å². The summed E-state index contributed by atoms with van der Waals surface area (Å²) in [7, 11) is 1.63. The molecule has 2 aromatic heterocycles. The summed E-state index contributed by atoms with van der Waals surface area (Å²) in [6.45, 7) is 0.336. The summed E-state index contributed by atoms with van der Waals surface area (Å²) in [5.74, 6) is 2.18. The molecule has 0 saturated heterocycles. The Hall–Kier alpha value is -2.60. The normalized spacial score (nSPS) is 11.1. The zero-order valence-corrected chi connectivity index (χ0v) is 12.7. The fraction of sp³-hybridized carbons (Fsp3) is 0.125. The highest BCUT2D eigenvalue weighted by Crippen LogP contribution is 2.28. The van der Waals surface area contributed by atoms with Crippen LogP contribution >= 0.6 is 11.3 Å². The van der Waals surface area contributed by atoms with Crippen LogP contribution in [-0.4, -0.2) is 21.7 Å². The molecule has 0 N–H and O–H groups in total. The third-order valence-corrected chi connectivity index (χ3v) is 4.45. The largest absolute Gasteiger partial charge is 0.493 e. The van der Waals surface area contributed by atoms with Crippen molar-refractivity contribution < 1.29 is 9.47 Å². The van der Waals surface area contributed by atoms with Gasteiger partial charge in [-0.3, -0.25) is 4.40 Å². The Balaban J connectivity index is 1.70. The van der Waals surface area contributed by atoms with E-state index >= 15 is 0 Å². The van der Waals surface area contributed by atoms with Crippen molar-refractivity contribution in [3.63, 3.8) is 0 Å². The van der Waals surface area contributed by atoms with Crippen LogP contribution in [0.15, 0.2) is 48.5 Å². The number of methoxy groups -OCH3 is 1.